The topological polar surface area (TPSA) is 54.0 Å². The highest BCUT2D eigenvalue weighted by molar-refractivity contribution is 6.44. The first-order chi connectivity index (χ1) is 13.1. The number of hydrogen-bond donors (Lipinski definition) is 0. The molecule has 0 saturated carbocycles. The van der Waals surface area contributed by atoms with E-state index in [1.807, 2.05) is 36.2 Å². The summed E-state index contributed by atoms with van der Waals surface area (Å²) in [5.74, 6) is 0. The molecule has 7 nitrogen and oxygen atoms in total. The summed E-state index contributed by atoms with van der Waals surface area (Å²) in [4.78, 5) is 19.9. The Bertz CT molecular complexity index is 1010. The van der Waals surface area contributed by atoms with Crippen molar-refractivity contribution in [3.8, 4) is 0 Å². The van der Waals surface area contributed by atoms with Crippen LogP contribution < -0.4 is 10.2 Å². The van der Waals surface area contributed by atoms with E-state index in [0.29, 0.717) is 22.3 Å². The number of para-hydroxylation sites is 1. The quantitative estimate of drug-likeness (QED) is 0.640. The van der Waals surface area contributed by atoms with Crippen molar-refractivity contribution in [1.82, 2.24) is 15.2 Å². The molecule has 0 saturated heterocycles. The summed E-state index contributed by atoms with van der Waals surface area (Å²) in [5.41, 5.74) is 4.85. The predicted octanol–water partition coefficient (Wildman–Crippen LogP) is 4.33. The van der Waals surface area contributed by atoms with Crippen molar-refractivity contribution in [1.29, 1.82) is 0 Å². The summed E-state index contributed by atoms with van der Waals surface area (Å²) in [6.07, 6.45) is 3.34. The van der Waals surface area contributed by atoms with Crippen LogP contribution in [0.4, 0.5) is 11.4 Å². The molecule has 4 rings (SSSR count). The van der Waals surface area contributed by atoms with Crippen molar-refractivity contribution in [2.45, 2.75) is 13.5 Å². The van der Waals surface area contributed by atoms with Gasteiger partial charge in [0, 0.05) is 23.2 Å². The number of anilines is 2. The van der Waals surface area contributed by atoms with Crippen molar-refractivity contribution in [2.24, 2.45) is 0 Å². The summed E-state index contributed by atoms with van der Waals surface area (Å²) < 4.78 is 0. The number of hydrazine groups is 2. The van der Waals surface area contributed by atoms with Gasteiger partial charge in [0.1, 0.15) is 11.4 Å². The Morgan fingerprint density at radius 1 is 1.04 bits per heavy atom. The van der Waals surface area contributed by atoms with Gasteiger partial charge in [0.05, 0.1) is 41.8 Å². The maximum absolute atomic E-state index is 6.60. The van der Waals surface area contributed by atoms with E-state index in [9.17, 15) is 0 Å². The van der Waals surface area contributed by atoms with Crippen LogP contribution in [0.1, 0.15) is 11.1 Å². The van der Waals surface area contributed by atoms with Gasteiger partial charge in [-0.15, -0.1) is 5.17 Å². The van der Waals surface area contributed by atoms with Crippen LogP contribution in [0.25, 0.3) is 11.0 Å². The Labute approximate surface area is 166 Å². The summed E-state index contributed by atoms with van der Waals surface area (Å²) in [6.45, 7) is 2.32. The van der Waals surface area contributed by atoms with E-state index < -0.39 is 0 Å². The molecule has 0 N–H and O–H groups in total. The highest BCUT2D eigenvalue weighted by Gasteiger charge is 2.39. The molecule has 1 aliphatic heterocycles. The molecule has 0 unspecified atom stereocenters. The lowest BCUT2D eigenvalue weighted by molar-refractivity contribution is -0.201. The van der Waals surface area contributed by atoms with Gasteiger partial charge in [-0.3, -0.25) is 24.7 Å². The van der Waals surface area contributed by atoms with Gasteiger partial charge >= 0.3 is 0 Å². The molecule has 1 aliphatic rings. The van der Waals surface area contributed by atoms with Crippen LogP contribution in [0, 0.1) is 6.92 Å². The molecule has 0 amide bonds. The fraction of sp³-hybridized carbons (Fsp3) is 0.222. The largest absolute Gasteiger partial charge is 0.263 e. The van der Waals surface area contributed by atoms with E-state index >= 15 is 0 Å². The number of aromatic nitrogens is 2. The Hall–Kier alpha value is -2.16. The van der Waals surface area contributed by atoms with Crippen LogP contribution in [-0.4, -0.2) is 29.5 Å². The zero-order chi connectivity index (χ0) is 19.1. The molecule has 27 heavy (non-hydrogen) atoms. The predicted molar refractivity (Wildman–Crippen MR) is 105 cm³/mol. The van der Waals surface area contributed by atoms with Crippen molar-refractivity contribution < 1.29 is 9.68 Å². The number of nitrogens with zero attached hydrogens (tertiary/aromatic N) is 5. The lowest BCUT2D eigenvalue weighted by Gasteiger charge is -2.31. The molecular formula is C18H17Cl2N5O2. The third-order valence-corrected chi connectivity index (χ3v) is 5.36. The Morgan fingerprint density at radius 2 is 1.81 bits per heavy atom. The molecular weight excluding hydrogens is 389 g/mol. The summed E-state index contributed by atoms with van der Waals surface area (Å²) in [7, 11) is 3.11. The minimum Gasteiger partial charge on any atom is -0.263 e. The third kappa shape index (κ3) is 2.88. The van der Waals surface area contributed by atoms with Gasteiger partial charge in [-0.1, -0.05) is 35.3 Å². The van der Waals surface area contributed by atoms with Crippen LogP contribution in [0.2, 0.25) is 10.0 Å². The van der Waals surface area contributed by atoms with Crippen molar-refractivity contribution in [2.75, 3.05) is 24.4 Å². The Balaban J connectivity index is 1.86. The minimum absolute atomic E-state index is 0.426. The number of hydrogen-bond acceptors (Lipinski definition) is 7. The Morgan fingerprint density at radius 3 is 2.56 bits per heavy atom. The van der Waals surface area contributed by atoms with Gasteiger partial charge in [-0.05, 0) is 24.6 Å². The zero-order valence-electron chi connectivity index (χ0n) is 15.0. The van der Waals surface area contributed by atoms with Crippen molar-refractivity contribution >= 4 is 45.6 Å². The number of halogens is 2. The van der Waals surface area contributed by atoms with Crippen LogP contribution in [0.5, 0.6) is 0 Å². The molecule has 0 aliphatic carbocycles. The smallest absolute Gasteiger partial charge is 0.114 e. The number of fused-ring (bicyclic) bond motifs is 2. The van der Waals surface area contributed by atoms with Crippen molar-refractivity contribution in [3.05, 3.63) is 57.8 Å². The maximum Gasteiger partial charge on any atom is 0.114 e. The summed E-state index contributed by atoms with van der Waals surface area (Å²) >= 11 is 13.0. The maximum atomic E-state index is 6.60. The molecule has 140 valence electrons. The van der Waals surface area contributed by atoms with E-state index in [2.05, 4.69) is 9.97 Å². The second-order valence-electron chi connectivity index (χ2n) is 5.98. The third-order valence-electron chi connectivity index (χ3n) is 4.41. The molecule has 0 bridgehead atoms. The van der Waals surface area contributed by atoms with Gasteiger partial charge < -0.3 is 0 Å². The van der Waals surface area contributed by atoms with Crippen molar-refractivity contribution in [3.63, 3.8) is 0 Å². The molecule has 0 radical (unpaired) electrons. The molecule has 1 aromatic heterocycles. The lowest BCUT2D eigenvalue weighted by atomic mass is 10.1. The van der Waals surface area contributed by atoms with Gasteiger partial charge in [0.2, 0.25) is 0 Å². The van der Waals surface area contributed by atoms with Gasteiger partial charge in [0.15, 0.2) is 0 Å². The second kappa shape index (κ2) is 7.10. The van der Waals surface area contributed by atoms with E-state index in [1.165, 1.54) is 10.5 Å². The molecule has 9 heteroatoms. The number of aryl methyl sites for hydroxylation is 1. The van der Waals surface area contributed by atoms with E-state index in [-0.39, 0.29) is 0 Å². The van der Waals surface area contributed by atoms with E-state index in [1.54, 1.807) is 26.6 Å². The van der Waals surface area contributed by atoms with Gasteiger partial charge in [-0.25, -0.2) is 0 Å². The fourth-order valence-electron chi connectivity index (χ4n) is 3.22. The summed E-state index contributed by atoms with van der Waals surface area (Å²) in [6, 6.07) is 7.76. The number of benzene rings is 2. The average Bonchev–Trinajstić information content (AvgIpc) is 2.98. The molecule has 3 aromatic rings. The highest BCUT2D eigenvalue weighted by Crippen LogP contribution is 2.48. The van der Waals surface area contributed by atoms with Crippen LogP contribution in [-0.2, 0) is 16.2 Å². The second-order valence-corrected chi connectivity index (χ2v) is 6.73. The van der Waals surface area contributed by atoms with Crippen LogP contribution in [0.15, 0.2) is 36.7 Å². The van der Waals surface area contributed by atoms with Gasteiger partial charge in [-0.2, -0.15) is 0 Å². The Kier molecular flexibility index (Phi) is 4.79. The fourth-order valence-corrected chi connectivity index (χ4v) is 3.70. The monoisotopic (exact) mass is 405 g/mol. The average molecular weight is 406 g/mol. The minimum atomic E-state index is 0.426. The van der Waals surface area contributed by atoms with E-state index in [4.69, 9.17) is 32.9 Å². The normalized spacial score (nSPS) is 14.3. The van der Waals surface area contributed by atoms with Gasteiger partial charge in [0.25, 0.3) is 0 Å². The first kappa shape index (κ1) is 18.2. The number of rotatable bonds is 4. The highest BCUT2D eigenvalue weighted by atomic mass is 35.5. The molecule has 2 aromatic carbocycles. The van der Waals surface area contributed by atoms with Crippen LogP contribution >= 0.6 is 23.2 Å². The first-order valence-corrected chi connectivity index (χ1v) is 8.95. The SMILES string of the molecule is CON1c2cc(C)c(Cl)c(Cl)c2N(Cc2cccc3nccnc23)N1OC. The van der Waals surface area contributed by atoms with E-state index in [0.717, 1.165) is 27.8 Å². The molecule has 0 fully saturated rings. The molecule has 2 heterocycles. The first-order valence-electron chi connectivity index (χ1n) is 8.19. The molecule has 0 atom stereocenters. The molecule has 0 spiro atoms. The van der Waals surface area contributed by atoms with Crippen LogP contribution in [0.3, 0.4) is 0 Å². The lowest BCUT2D eigenvalue weighted by Crippen LogP contribution is -2.47. The zero-order valence-corrected chi connectivity index (χ0v) is 16.5. The standard InChI is InChI=1S/C18H17Cl2N5O2/c1-11-9-14-18(16(20)15(11)19)23(25(27-3)24(14)26-2)10-12-5-4-6-13-17(12)22-8-7-21-13/h4-9H,10H2,1-3H3. The summed E-state index contributed by atoms with van der Waals surface area (Å²) in [5, 5.41) is 5.77.